The van der Waals surface area contributed by atoms with Crippen LogP contribution in [0.15, 0.2) is 0 Å². The Hall–Kier alpha value is -0.650. The van der Waals surface area contributed by atoms with E-state index in [0.717, 1.165) is 0 Å². The molecule has 0 aromatic rings. The van der Waals surface area contributed by atoms with Crippen molar-refractivity contribution in [1.29, 1.82) is 0 Å². The maximum absolute atomic E-state index is 11.1. The summed E-state index contributed by atoms with van der Waals surface area (Å²) in [4.78, 5) is 13.0. The minimum absolute atomic E-state index is 0.200. The molecule has 0 aromatic carbocycles. The third-order valence-corrected chi connectivity index (χ3v) is 2.04. The van der Waals surface area contributed by atoms with E-state index in [9.17, 15) is 9.90 Å². The van der Waals surface area contributed by atoms with Crippen molar-refractivity contribution in [2.24, 2.45) is 0 Å². The van der Waals surface area contributed by atoms with Crippen LogP contribution in [0.5, 0.6) is 0 Å². The molecule has 16 heavy (non-hydrogen) atoms. The van der Waals surface area contributed by atoms with Gasteiger partial charge in [-0.1, -0.05) is 0 Å². The van der Waals surface area contributed by atoms with Crippen LogP contribution in [0.2, 0.25) is 0 Å². The molecule has 5 nitrogen and oxygen atoms in total. The van der Waals surface area contributed by atoms with Crippen LogP contribution in [0.25, 0.3) is 0 Å². The maximum Gasteiger partial charge on any atom is 0.307 e. The predicted molar refractivity (Wildman–Crippen MR) is 61.2 cm³/mol. The van der Waals surface area contributed by atoms with Crippen molar-refractivity contribution in [3.63, 3.8) is 0 Å². The van der Waals surface area contributed by atoms with Crippen molar-refractivity contribution in [3.05, 3.63) is 0 Å². The number of hydrogen-bond donors (Lipinski definition) is 1. The van der Waals surface area contributed by atoms with Gasteiger partial charge in [0.05, 0.1) is 25.7 Å². The van der Waals surface area contributed by atoms with Gasteiger partial charge in [0.25, 0.3) is 0 Å². The van der Waals surface area contributed by atoms with E-state index in [1.807, 2.05) is 18.9 Å². The Bertz CT molecular complexity index is 187. The zero-order valence-corrected chi connectivity index (χ0v) is 10.4. The van der Waals surface area contributed by atoms with E-state index in [1.54, 1.807) is 6.92 Å². The molecule has 0 aromatic heterocycles. The van der Waals surface area contributed by atoms with Crippen LogP contribution in [-0.4, -0.2) is 62.0 Å². The largest absolute Gasteiger partial charge is 0.466 e. The molecular formula is C11H23NO4. The van der Waals surface area contributed by atoms with E-state index in [1.165, 1.54) is 0 Å². The van der Waals surface area contributed by atoms with Gasteiger partial charge in [0.1, 0.15) is 0 Å². The monoisotopic (exact) mass is 233 g/mol. The molecule has 1 unspecified atom stereocenters. The second-order valence-electron chi connectivity index (χ2n) is 3.63. The molecule has 0 heterocycles. The summed E-state index contributed by atoms with van der Waals surface area (Å²) in [7, 11) is 1.86. The first-order valence-electron chi connectivity index (χ1n) is 5.70. The van der Waals surface area contributed by atoms with Crippen LogP contribution in [0.1, 0.15) is 20.3 Å². The molecule has 0 aliphatic rings. The Morgan fingerprint density at radius 1 is 1.38 bits per heavy atom. The zero-order valence-electron chi connectivity index (χ0n) is 10.4. The molecule has 0 amide bonds. The van der Waals surface area contributed by atoms with Gasteiger partial charge < -0.3 is 19.5 Å². The topological polar surface area (TPSA) is 59.0 Å². The van der Waals surface area contributed by atoms with E-state index in [-0.39, 0.29) is 5.97 Å². The number of rotatable bonds is 9. The Labute approximate surface area is 97.3 Å². The van der Waals surface area contributed by atoms with E-state index in [4.69, 9.17) is 9.47 Å². The summed E-state index contributed by atoms with van der Waals surface area (Å²) in [6.07, 6.45) is -0.154. The fourth-order valence-electron chi connectivity index (χ4n) is 1.27. The molecule has 1 atom stereocenters. The number of likely N-dealkylation sites (N-methyl/N-ethyl adjacent to an activating group) is 1. The van der Waals surface area contributed by atoms with Gasteiger partial charge in [0, 0.05) is 19.7 Å². The van der Waals surface area contributed by atoms with Crippen LogP contribution in [0, 0.1) is 0 Å². The summed E-state index contributed by atoms with van der Waals surface area (Å²) in [5.74, 6) is -0.200. The van der Waals surface area contributed by atoms with Crippen molar-refractivity contribution in [2.75, 3.05) is 40.0 Å². The maximum atomic E-state index is 11.1. The highest BCUT2D eigenvalue weighted by molar-refractivity contribution is 5.69. The van der Waals surface area contributed by atoms with Gasteiger partial charge in [-0.25, -0.2) is 0 Å². The van der Waals surface area contributed by atoms with Crippen LogP contribution < -0.4 is 0 Å². The number of hydrogen-bond acceptors (Lipinski definition) is 5. The lowest BCUT2D eigenvalue weighted by Gasteiger charge is -2.19. The van der Waals surface area contributed by atoms with Crippen molar-refractivity contribution < 1.29 is 19.4 Å². The molecule has 0 saturated carbocycles. The molecule has 0 aliphatic heterocycles. The van der Waals surface area contributed by atoms with E-state index >= 15 is 0 Å². The predicted octanol–water partition coefficient (Wildman–Crippen LogP) is 0.269. The van der Waals surface area contributed by atoms with E-state index in [0.29, 0.717) is 39.3 Å². The molecular weight excluding hydrogens is 210 g/mol. The SMILES string of the molecule is CCOCC(O)CN(C)CCC(=O)OCC. The number of aliphatic hydroxyl groups excluding tert-OH is 1. The van der Waals surface area contributed by atoms with Crippen molar-refractivity contribution in [3.8, 4) is 0 Å². The number of carbonyl (C=O) groups is 1. The molecule has 0 rings (SSSR count). The summed E-state index contributed by atoms with van der Waals surface area (Å²) < 4.78 is 9.90. The Morgan fingerprint density at radius 2 is 2.06 bits per heavy atom. The van der Waals surface area contributed by atoms with Gasteiger partial charge in [-0.3, -0.25) is 4.79 Å². The highest BCUT2D eigenvalue weighted by Crippen LogP contribution is 1.94. The summed E-state index contributed by atoms with van der Waals surface area (Å²) in [6, 6.07) is 0. The van der Waals surface area contributed by atoms with Crippen LogP contribution in [0.3, 0.4) is 0 Å². The van der Waals surface area contributed by atoms with Gasteiger partial charge in [-0.05, 0) is 20.9 Å². The quantitative estimate of drug-likeness (QED) is 0.579. The normalized spacial score (nSPS) is 12.8. The molecule has 0 saturated heterocycles. The molecule has 0 radical (unpaired) electrons. The first-order chi connectivity index (χ1) is 7.60. The minimum atomic E-state index is -0.507. The molecule has 0 spiro atoms. The summed E-state index contributed by atoms with van der Waals surface area (Å²) in [6.45, 7) is 6.10. The third-order valence-electron chi connectivity index (χ3n) is 2.04. The average Bonchev–Trinajstić information content (AvgIpc) is 2.24. The summed E-state index contributed by atoms with van der Waals surface area (Å²) in [5.41, 5.74) is 0. The van der Waals surface area contributed by atoms with Crippen molar-refractivity contribution >= 4 is 5.97 Å². The first-order valence-corrected chi connectivity index (χ1v) is 5.70. The smallest absolute Gasteiger partial charge is 0.307 e. The molecule has 0 fully saturated rings. The molecule has 0 bridgehead atoms. The summed E-state index contributed by atoms with van der Waals surface area (Å²) in [5, 5.41) is 9.54. The van der Waals surface area contributed by atoms with E-state index < -0.39 is 6.10 Å². The van der Waals surface area contributed by atoms with Crippen LogP contribution in [0.4, 0.5) is 0 Å². The van der Waals surface area contributed by atoms with Crippen molar-refractivity contribution in [2.45, 2.75) is 26.4 Å². The van der Waals surface area contributed by atoms with Crippen LogP contribution in [-0.2, 0) is 14.3 Å². The minimum Gasteiger partial charge on any atom is -0.466 e. The average molecular weight is 233 g/mol. The fourth-order valence-corrected chi connectivity index (χ4v) is 1.27. The van der Waals surface area contributed by atoms with Gasteiger partial charge in [-0.15, -0.1) is 0 Å². The number of aliphatic hydroxyl groups is 1. The van der Waals surface area contributed by atoms with Gasteiger partial charge >= 0.3 is 5.97 Å². The molecule has 1 N–H and O–H groups in total. The van der Waals surface area contributed by atoms with E-state index in [2.05, 4.69) is 0 Å². The Morgan fingerprint density at radius 3 is 2.62 bits per heavy atom. The number of nitrogens with zero attached hydrogens (tertiary/aromatic N) is 1. The lowest BCUT2D eigenvalue weighted by molar-refractivity contribution is -0.143. The Kier molecular flexibility index (Phi) is 9.18. The lowest BCUT2D eigenvalue weighted by Crippen LogP contribution is -2.33. The summed E-state index contributed by atoms with van der Waals surface area (Å²) >= 11 is 0. The molecule has 0 aliphatic carbocycles. The zero-order chi connectivity index (χ0) is 12.4. The second kappa shape index (κ2) is 9.57. The highest BCUT2D eigenvalue weighted by Gasteiger charge is 2.10. The number of carbonyl (C=O) groups excluding carboxylic acids is 1. The lowest BCUT2D eigenvalue weighted by atomic mass is 10.3. The Balaban J connectivity index is 3.56. The number of ether oxygens (including phenoxy) is 2. The highest BCUT2D eigenvalue weighted by atomic mass is 16.5. The third kappa shape index (κ3) is 8.64. The fraction of sp³-hybridized carbons (Fsp3) is 0.909. The van der Waals surface area contributed by atoms with Crippen LogP contribution >= 0.6 is 0 Å². The number of esters is 1. The molecule has 5 heteroatoms. The second-order valence-corrected chi connectivity index (χ2v) is 3.63. The van der Waals surface area contributed by atoms with Gasteiger partial charge in [0.15, 0.2) is 0 Å². The standard InChI is InChI=1S/C11H23NO4/c1-4-15-9-10(13)8-12(3)7-6-11(14)16-5-2/h10,13H,4-9H2,1-3H3. The van der Waals surface area contributed by atoms with Gasteiger partial charge in [0.2, 0.25) is 0 Å². The van der Waals surface area contributed by atoms with Gasteiger partial charge in [-0.2, -0.15) is 0 Å². The van der Waals surface area contributed by atoms with Crippen molar-refractivity contribution in [1.82, 2.24) is 4.90 Å². The first kappa shape index (κ1) is 15.3. The molecule has 96 valence electrons.